The van der Waals surface area contributed by atoms with Crippen LogP contribution in [0.2, 0.25) is 0 Å². The summed E-state index contributed by atoms with van der Waals surface area (Å²) in [5.41, 5.74) is 5.48. The number of rotatable bonds is 4. The molecular formula is C34H42N6O4. The molecule has 6 rings (SSSR count). The number of imidazole rings is 2. The Morgan fingerprint density at radius 1 is 0.818 bits per heavy atom. The van der Waals surface area contributed by atoms with Crippen LogP contribution in [0.15, 0.2) is 48.8 Å². The molecule has 0 saturated carbocycles. The number of benzene rings is 2. The molecule has 4 aromatic rings. The molecule has 0 bridgehead atoms. The first-order chi connectivity index (χ1) is 20.9. The minimum atomic E-state index is -0.555. The van der Waals surface area contributed by atoms with Crippen molar-refractivity contribution in [2.45, 2.75) is 90.5 Å². The smallest absolute Gasteiger partial charge is 0.410 e. The number of nitrogens with zero attached hydrogens (tertiary/aromatic N) is 4. The maximum atomic E-state index is 13.0. The van der Waals surface area contributed by atoms with Gasteiger partial charge in [0.05, 0.1) is 40.8 Å². The van der Waals surface area contributed by atoms with Crippen LogP contribution in [0.25, 0.3) is 33.4 Å². The molecule has 2 saturated heterocycles. The van der Waals surface area contributed by atoms with Crippen molar-refractivity contribution >= 4 is 23.2 Å². The van der Waals surface area contributed by atoms with Crippen molar-refractivity contribution in [3.8, 4) is 22.4 Å². The van der Waals surface area contributed by atoms with Gasteiger partial charge in [0.25, 0.3) is 0 Å². The Kier molecular flexibility index (Phi) is 7.63. The lowest BCUT2D eigenvalue weighted by atomic mass is 9.99. The number of carbonyl (C=O) groups excluding carboxylic acids is 2. The quantitative estimate of drug-likeness (QED) is 0.248. The molecule has 0 unspecified atom stereocenters. The van der Waals surface area contributed by atoms with Gasteiger partial charge in [-0.25, -0.2) is 19.6 Å². The number of fused-ring (bicyclic) bond motifs is 1. The number of hydrogen-bond acceptors (Lipinski definition) is 6. The van der Waals surface area contributed by atoms with Crippen molar-refractivity contribution in [2.75, 3.05) is 13.1 Å². The molecule has 2 atom stereocenters. The summed E-state index contributed by atoms with van der Waals surface area (Å²) in [6.45, 7) is 12.6. The van der Waals surface area contributed by atoms with Crippen LogP contribution in [0.4, 0.5) is 9.59 Å². The third-order valence-electron chi connectivity index (χ3n) is 8.05. The summed E-state index contributed by atoms with van der Waals surface area (Å²) in [6, 6.07) is 14.2. The first kappa shape index (κ1) is 29.7. The molecule has 2 amide bonds. The molecule has 2 aliphatic heterocycles. The molecule has 4 heterocycles. The zero-order valence-corrected chi connectivity index (χ0v) is 26.4. The molecule has 10 nitrogen and oxygen atoms in total. The number of aromatic amines is 2. The van der Waals surface area contributed by atoms with Crippen LogP contribution in [-0.2, 0) is 9.47 Å². The minimum Gasteiger partial charge on any atom is -0.444 e. The van der Waals surface area contributed by atoms with E-state index in [1.54, 1.807) is 11.2 Å². The minimum absolute atomic E-state index is 0.124. The molecule has 232 valence electrons. The van der Waals surface area contributed by atoms with Crippen LogP contribution in [0.3, 0.4) is 0 Å². The average Bonchev–Trinajstić information content (AvgIpc) is 3.75. The van der Waals surface area contributed by atoms with Gasteiger partial charge in [-0.1, -0.05) is 24.3 Å². The molecule has 2 aliphatic rings. The standard InChI is InChI=1S/C34H42N6O4/c1-33(2,3)43-31(41)39-16-8-12-26(39)29-28(35-20-36-29)23-11-7-10-21(18-23)22-14-15-24-25(19-22)38-30(37-24)27-13-9-17-40(27)32(42)44-34(4,5)6/h7,10-11,14-15,18-20,26-27H,8-9,12-13,16-17H2,1-6H3,(H,35,36)(H,37,38)/t26-,27-/m0/s1. The zero-order chi connectivity index (χ0) is 31.2. The van der Waals surface area contributed by atoms with E-state index in [4.69, 9.17) is 14.5 Å². The lowest BCUT2D eigenvalue weighted by molar-refractivity contribution is 0.0210. The van der Waals surface area contributed by atoms with Crippen LogP contribution in [0.5, 0.6) is 0 Å². The van der Waals surface area contributed by atoms with Crippen molar-refractivity contribution in [1.82, 2.24) is 29.7 Å². The van der Waals surface area contributed by atoms with E-state index in [0.29, 0.717) is 13.1 Å². The summed E-state index contributed by atoms with van der Waals surface area (Å²) < 4.78 is 11.4. The molecule has 2 N–H and O–H groups in total. The fourth-order valence-corrected chi connectivity index (χ4v) is 6.20. The summed E-state index contributed by atoms with van der Waals surface area (Å²) in [7, 11) is 0. The van der Waals surface area contributed by atoms with Gasteiger partial charge in [-0.2, -0.15) is 0 Å². The van der Waals surface area contributed by atoms with Gasteiger partial charge >= 0.3 is 12.2 Å². The van der Waals surface area contributed by atoms with Gasteiger partial charge < -0.3 is 19.4 Å². The third-order valence-corrected chi connectivity index (χ3v) is 8.05. The highest BCUT2D eigenvalue weighted by Gasteiger charge is 2.36. The monoisotopic (exact) mass is 598 g/mol. The van der Waals surface area contributed by atoms with Gasteiger partial charge in [0.1, 0.15) is 17.0 Å². The van der Waals surface area contributed by atoms with Gasteiger partial charge in [0.15, 0.2) is 0 Å². The van der Waals surface area contributed by atoms with Crippen molar-refractivity contribution in [2.24, 2.45) is 0 Å². The van der Waals surface area contributed by atoms with Gasteiger partial charge in [-0.05, 0) is 96.6 Å². The maximum absolute atomic E-state index is 13.0. The van der Waals surface area contributed by atoms with E-state index in [1.165, 1.54) is 0 Å². The van der Waals surface area contributed by atoms with Crippen molar-refractivity contribution in [3.05, 3.63) is 60.3 Å². The van der Waals surface area contributed by atoms with Gasteiger partial charge in [-0.15, -0.1) is 0 Å². The number of hydrogen-bond donors (Lipinski definition) is 2. The third kappa shape index (κ3) is 6.16. The summed E-state index contributed by atoms with van der Waals surface area (Å²) in [5, 5.41) is 0. The fourth-order valence-electron chi connectivity index (χ4n) is 6.20. The van der Waals surface area contributed by atoms with Crippen LogP contribution in [-0.4, -0.2) is 66.2 Å². The average molecular weight is 599 g/mol. The summed E-state index contributed by atoms with van der Waals surface area (Å²) in [6.07, 6.45) is 4.60. The Hall–Kier alpha value is -4.34. The summed E-state index contributed by atoms with van der Waals surface area (Å²) in [4.78, 5) is 45.8. The second-order valence-corrected chi connectivity index (χ2v) is 13.8. The number of nitrogens with one attached hydrogen (secondary N) is 2. The van der Waals surface area contributed by atoms with E-state index in [2.05, 4.69) is 39.2 Å². The van der Waals surface area contributed by atoms with Gasteiger partial charge in [0, 0.05) is 18.7 Å². The SMILES string of the molecule is CC(C)(C)OC(=O)N1CCC[C@H]1c1nc2ccc(-c3cccc(-c4nc[nH]c4[C@@H]4CCCN4C(=O)OC(C)(C)C)c3)cc2[nH]1. The number of aromatic nitrogens is 4. The molecule has 44 heavy (non-hydrogen) atoms. The molecule has 2 aromatic carbocycles. The number of amides is 2. The highest BCUT2D eigenvalue weighted by molar-refractivity contribution is 5.83. The second-order valence-electron chi connectivity index (χ2n) is 13.8. The molecule has 0 spiro atoms. The largest absolute Gasteiger partial charge is 0.444 e. The maximum Gasteiger partial charge on any atom is 0.410 e. The van der Waals surface area contributed by atoms with Gasteiger partial charge in [0.2, 0.25) is 0 Å². The van der Waals surface area contributed by atoms with E-state index in [9.17, 15) is 9.59 Å². The summed E-state index contributed by atoms with van der Waals surface area (Å²) in [5.74, 6) is 0.779. The molecule has 2 fully saturated rings. The van der Waals surface area contributed by atoms with Crippen molar-refractivity contribution < 1.29 is 19.1 Å². The Balaban J connectivity index is 1.25. The van der Waals surface area contributed by atoms with Crippen LogP contribution in [0, 0.1) is 0 Å². The van der Waals surface area contributed by atoms with E-state index < -0.39 is 11.2 Å². The highest BCUT2D eigenvalue weighted by Crippen LogP contribution is 2.38. The second kappa shape index (κ2) is 11.3. The fraction of sp³-hybridized carbons (Fsp3) is 0.471. The van der Waals surface area contributed by atoms with Crippen LogP contribution >= 0.6 is 0 Å². The summed E-state index contributed by atoms with van der Waals surface area (Å²) >= 11 is 0. The van der Waals surface area contributed by atoms with Crippen LogP contribution < -0.4 is 0 Å². The first-order valence-corrected chi connectivity index (χ1v) is 15.5. The number of carbonyl (C=O) groups is 2. The number of ether oxygens (including phenoxy) is 2. The lowest BCUT2D eigenvalue weighted by Gasteiger charge is -2.28. The highest BCUT2D eigenvalue weighted by atomic mass is 16.6. The Morgan fingerprint density at radius 3 is 2.11 bits per heavy atom. The Bertz CT molecular complexity index is 1680. The van der Waals surface area contributed by atoms with E-state index >= 15 is 0 Å². The molecular weight excluding hydrogens is 556 g/mol. The van der Waals surface area contributed by atoms with Crippen molar-refractivity contribution in [1.29, 1.82) is 0 Å². The predicted octanol–water partition coefficient (Wildman–Crippen LogP) is 7.76. The number of likely N-dealkylation sites (tertiary alicyclic amines) is 2. The van der Waals surface area contributed by atoms with E-state index in [-0.39, 0.29) is 24.3 Å². The molecule has 0 aliphatic carbocycles. The van der Waals surface area contributed by atoms with Gasteiger partial charge in [-0.3, -0.25) is 9.80 Å². The number of H-pyrrole nitrogens is 2. The predicted molar refractivity (Wildman–Crippen MR) is 169 cm³/mol. The lowest BCUT2D eigenvalue weighted by Crippen LogP contribution is -2.36. The zero-order valence-electron chi connectivity index (χ0n) is 26.4. The van der Waals surface area contributed by atoms with E-state index in [0.717, 1.165) is 70.6 Å². The molecule has 2 aromatic heterocycles. The van der Waals surface area contributed by atoms with Crippen LogP contribution in [0.1, 0.15) is 90.8 Å². The van der Waals surface area contributed by atoms with E-state index in [1.807, 2.05) is 64.6 Å². The normalized spacial score (nSPS) is 19.1. The molecule has 10 heteroatoms. The van der Waals surface area contributed by atoms with Crippen molar-refractivity contribution in [3.63, 3.8) is 0 Å². The Morgan fingerprint density at radius 2 is 1.43 bits per heavy atom. The first-order valence-electron chi connectivity index (χ1n) is 15.5. The topological polar surface area (TPSA) is 116 Å². The Labute approximate surface area is 258 Å². The molecule has 0 radical (unpaired) electrons.